The second-order valence-corrected chi connectivity index (χ2v) is 9.74. The summed E-state index contributed by atoms with van der Waals surface area (Å²) < 4.78 is 36.4. The Balaban J connectivity index is 1.61. The zero-order valence-electron chi connectivity index (χ0n) is 19.6. The predicted molar refractivity (Wildman–Crippen MR) is 139 cm³/mol. The van der Waals surface area contributed by atoms with Gasteiger partial charge in [-0.2, -0.15) is 5.10 Å². The quantitative estimate of drug-likeness (QED) is 0.229. The Labute approximate surface area is 203 Å². The first-order valence-corrected chi connectivity index (χ1v) is 12.6. The van der Waals surface area contributed by atoms with E-state index in [-0.39, 0.29) is 11.4 Å². The van der Waals surface area contributed by atoms with Crippen molar-refractivity contribution in [2.24, 2.45) is 5.10 Å². The van der Waals surface area contributed by atoms with Gasteiger partial charge in [0.2, 0.25) is 10.0 Å². The van der Waals surface area contributed by atoms with Crippen molar-refractivity contribution >= 4 is 49.4 Å². The lowest BCUT2D eigenvalue weighted by Gasteiger charge is -2.23. The number of nitrogens with zero attached hydrogens (tertiary/aromatic N) is 2. The summed E-state index contributed by atoms with van der Waals surface area (Å²) in [6.45, 7) is -0.477. The predicted octanol–water partition coefficient (Wildman–Crippen LogP) is 3.93. The van der Waals surface area contributed by atoms with E-state index in [0.717, 1.165) is 37.7 Å². The average Bonchev–Trinajstić information content (AvgIpc) is 2.85. The number of hydrogen-bond acceptors (Lipinski definition) is 6. The number of hydrogen-bond donors (Lipinski definition) is 1. The monoisotopic (exact) mass is 491 g/mol. The summed E-state index contributed by atoms with van der Waals surface area (Å²) in [5.41, 5.74) is 3.53. The number of ether oxygens (including phenoxy) is 2. The summed E-state index contributed by atoms with van der Waals surface area (Å²) in [5.74, 6) is 0.151. The third-order valence-electron chi connectivity index (χ3n) is 5.54. The molecule has 1 N–H and O–H groups in total. The topological polar surface area (TPSA) is 97.3 Å². The molecule has 0 fully saturated rings. The largest absolute Gasteiger partial charge is 0.497 e. The molecule has 0 saturated carbocycles. The number of amides is 1. The molecule has 9 heteroatoms. The zero-order valence-corrected chi connectivity index (χ0v) is 20.4. The second-order valence-electron chi connectivity index (χ2n) is 7.83. The van der Waals surface area contributed by atoms with Gasteiger partial charge in [0.05, 0.1) is 32.4 Å². The Morgan fingerprint density at radius 1 is 0.943 bits per heavy atom. The number of rotatable bonds is 8. The number of methoxy groups -OCH3 is 2. The summed E-state index contributed by atoms with van der Waals surface area (Å²) >= 11 is 0. The molecule has 180 valence electrons. The van der Waals surface area contributed by atoms with Gasteiger partial charge in [0.15, 0.2) is 0 Å². The Morgan fingerprint density at radius 2 is 1.57 bits per heavy atom. The molecule has 0 aliphatic carbocycles. The normalized spacial score (nSPS) is 11.6. The number of hydrazone groups is 1. The highest BCUT2D eigenvalue weighted by Gasteiger charge is 2.24. The fraction of sp³-hybridized carbons (Fsp3) is 0.154. The van der Waals surface area contributed by atoms with E-state index >= 15 is 0 Å². The van der Waals surface area contributed by atoms with Crippen molar-refractivity contribution < 1.29 is 22.7 Å². The van der Waals surface area contributed by atoms with Crippen LogP contribution in [0.1, 0.15) is 5.56 Å². The molecule has 0 radical (unpaired) electrons. The third kappa shape index (κ3) is 5.20. The average molecular weight is 492 g/mol. The summed E-state index contributed by atoms with van der Waals surface area (Å²) in [6, 6.07) is 22.6. The van der Waals surface area contributed by atoms with Crippen molar-refractivity contribution in [3.63, 3.8) is 0 Å². The van der Waals surface area contributed by atoms with Crippen LogP contribution < -0.4 is 19.2 Å². The van der Waals surface area contributed by atoms with Crippen LogP contribution in [0.15, 0.2) is 77.9 Å². The highest BCUT2D eigenvalue weighted by Crippen LogP contribution is 2.33. The van der Waals surface area contributed by atoms with Crippen molar-refractivity contribution in [3.05, 3.63) is 78.4 Å². The van der Waals surface area contributed by atoms with Gasteiger partial charge in [-0.25, -0.2) is 13.8 Å². The lowest BCUT2D eigenvalue weighted by atomic mass is 9.97. The minimum atomic E-state index is -3.80. The number of carbonyl (C=O) groups excluding carboxylic acids is 1. The number of benzene rings is 4. The van der Waals surface area contributed by atoms with E-state index in [4.69, 9.17) is 9.47 Å². The minimum absolute atomic E-state index is 0.218. The SMILES string of the molecule is COc1ccc(N(CC(=O)N/N=C\c2c3ccccc3cc3ccccc23)S(C)(=O)=O)c(OC)c1. The fourth-order valence-electron chi connectivity index (χ4n) is 3.89. The molecule has 0 heterocycles. The molecule has 0 aromatic heterocycles. The van der Waals surface area contributed by atoms with Crippen LogP contribution in [0.25, 0.3) is 21.5 Å². The summed E-state index contributed by atoms with van der Waals surface area (Å²) in [4.78, 5) is 12.7. The fourth-order valence-corrected chi connectivity index (χ4v) is 4.75. The van der Waals surface area contributed by atoms with Crippen LogP contribution in [0.2, 0.25) is 0 Å². The molecule has 4 rings (SSSR count). The Hall–Kier alpha value is -4.11. The molecule has 0 unspecified atom stereocenters. The van der Waals surface area contributed by atoms with Crippen LogP contribution >= 0.6 is 0 Å². The molecule has 0 aliphatic rings. The van der Waals surface area contributed by atoms with Gasteiger partial charge in [-0.15, -0.1) is 0 Å². The highest BCUT2D eigenvalue weighted by atomic mass is 32.2. The molecule has 0 spiro atoms. The smallest absolute Gasteiger partial charge is 0.260 e. The van der Waals surface area contributed by atoms with E-state index < -0.39 is 22.5 Å². The van der Waals surface area contributed by atoms with Crippen molar-refractivity contribution in [1.29, 1.82) is 0 Å². The van der Waals surface area contributed by atoms with Crippen LogP contribution in [0.4, 0.5) is 5.69 Å². The zero-order chi connectivity index (χ0) is 25.0. The standard InChI is InChI=1S/C26H25N3O5S/c1-33-20-12-13-24(25(15-20)34-2)29(35(3,31)32)17-26(30)28-27-16-23-21-10-6-4-8-18(21)14-19-9-5-7-11-22(19)23/h4-16H,17H2,1-3H3,(H,28,30)/b27-16-. The Morgan fingerprint density at radius 3 is 2.14 bits per heavy atom. The van der Waals surface area contributed by atoms with Gasteiger partial charge in [-0.05, 0) is 39.7 Å². The summed E-state index contributed by atoms with van der Waals surface area (Å²) in [5, 5.41) is 8.22. The molecule has 4 aromatic rings. The first-order valence-electron chi connectivity index (χ1n) is 10.7. The van der Waals surface area contributed by atoms with E-state index in [1.54, 1.807) is 18.3 Å². The number of fused-ring (bicyclic) bond motifs is 2. The van der Waals surface area contributed by atoms with E-state index in [1.807, 2.05) is 48.5 Å². The van der Waals surface area contributed by atoms with Crippen molar-refractivity contribution in [3.8, 4) is 11.5 Å². The van der Waals surface area contributed by atoms with Crippen LogP contribution in [0.5, 0.6) is 11.5 Å². The third-order valence-corrected chi connectivity index (χ3v) is 6.67. The van der Waals surface area contributed by atoms with Gasteiger partial charge in [0.25, 0.3) is 5.91 Å². The van der Waals surface area contributed by atoms with Crippen LogP contribution in [0, 0.1) is 0 Å². The second kappa shape index (κ2) is 10.0. The molecule has 1 amide bonds. The molecule has 8 nitrogen and oxygen atoms in total. The van der Waals surface area contributed by atoms with E-state index in [1.165, 1.54) is 20.3 Å². The number of anilines is 1. The van der Waals surface area contributed by atoms with Gasteiger partial charge < -0.3 is 9.47 Å². The van der Waals surface area contributed by atoms with Crippen LogP contribution in [-0.4, -0.2) is 47.6 Å². The number of nitrogens with one attached hydrogen (secondary N) is 1. The first-order chi connectivity index (χ1) is 16.8. The minimum Gasteiger partial charge on any atom is -0.497 e. The summed E-state index contributed by atoms with van der Waals surface area (Å²) in [6.07, 6.45) is 2.61. The lowest BCUT2D eigenvalue weighted by Crippen LogP contribution is -2.39. The van der Waals surface area contributed by atoms with E-state index in [2.05, 4.69) is 16.6 Å². The molecule has 35 heavy (non-hydrogen) atoms. The van der Waals surface area contributed by atoms with Crippen LogP contribution in [0.3, 0.4) is 0 Å². The van der Waals surface area contributed by atoms with E-state index in [0.29, 0.717) is 5.75 Å². The Kier molecular flexibility index (Phi) is 6.88. The van der Waals surface area contributed by atoms with Crippen LogP contribution in [-0.2, 0) is 14.8 Å². The molecule has 4 aromatic carbocycles. The lowest BCUT2D eigenvalue weighted by molar-refractivity contribution is -0.119. The maximum Gasteiger partial charge on any atom is 0.260 e. The number of sulfonamides is 1. The van der Waals surface area contributed by atoms with E-state index in [9.17, 15) is 13.2 Å². The van der Waals surface area contributed by atoms with Gasteiger partial charge in [-0.1, -0.05) is 48.5 Å². The molecule has 0 aliphatic heterocycles. The van der Waals surface area contributed by atoms with Gasteiger partial charge >= 0.3 is 0 Å². The molecule has 0 saturated heterocycles. The molecule has 0 atom stereocenters. The Bertz CT molecular complexity index is 1480. The molecular formula is C26H25N3O5S. The maximum atomic E-state index is 12.7. The molecular weight excluding hydrogens is 466 g/mol. The molecule has 0 bridgehead atoms. The number of carbonyl (C=O) groups is 1. The summed E-state index contributed by atoms with van der Waals surface area (Å²) in [7, 11) is -0.892. The van der Waals surface area contributed by atoms with Crippen molar-refractivity contribution in [2.75, 3.05) is 31.3 Å². The highest BCUT2D eigenvalue weighted by molar-refractivity contribution is 7.92. The van der Waals surface area contributed by atoms with Crippen molar-refractivity contribution in [2.45, 2.75) is 0 Å². The first kappa shape index (κ1) is 24.0. The van der Waals surface area contributed by atoms with Crippen molar-refractivity contribution in [1.82, 2.24) is 5.43 Å². The maximum absolute atomic E-state index is 12.7. The van der Waals surface area contributed by atoms with Gasteiger partial charge in [-0.3, -0.25) is 9.10 Å². The van der Waals surface area contributed by atoms with Gasteiger partial charge in [0.1, 0.15) is 18.0 Å². The van der Waals surface area contributed by atoms with Gasteiger partial charge in [0, 0.05) is 11.6 Å².